The van der Waals surface area contributed by atoms with Crippen molar-refractivity contribution < 1.29 is 21.6 Å². The Hall–Kier alpha value is -2.88. The second kappa shape index (κ2) is 10.0. The second-order valence-electron chi connectivity index (χ2n) is 7.72. The molecule has 4 rings (SSSR count). The van der Waals surface area contributed by atoms with Gasteiger partial charge in [0.2, 0.25) is 5.29 Å². The first-order valence-corrected chi connectivity index (χ1v) is 12.6. The molecule has 1 atom stereocenters. The molecule has 1 unspecified atom stereocenters. The molecule has 1 aliphatic rings. The highest BCUT2D eigenvalue weighted by Crippen LogP contribution is 2.32. The normalized spacial score (nSPS) is 17.3. The first kappa shape index (κ1) is 25.2. The van der Waals surface area contributed by atoms with E-state index in [1.165, 1.54) is 5.01 Å². The summed E-state index contributed by atoms with van der Waals surface area (Å²) in [5.74, 6) is -0.0791. The fraction of sp³-hybridized carbons (Fsp3) is 0.167. The lowest BCUT2D eigenvalue weighted by molar-refractivity contribution is -0.137. The van der Waals surface area contributed by atoms with Gasteiger partial charge in [-0.25, -0.2) is 5.01 Å². The van der Waals surface area contributed by atoms with Gasteiger partial charge in [0.05, 0.1) is 16.2 Å². The van der Waals surface area contributed by atoms with Gasteiger partial charge >= 0.3 is 6.18 Å². The van der Waals surface area contributed by atoms with Crippen molar-refractivity contribution >= 4 is 44.2 Å². The highest BCUT2D eigenvalue weighted by Gasteiger charge is 2.31. The molecule has 3 aromatic carbocycles. The van der Waals surface area contributed by atoms with Crippen LogP contribution < -0.4 is 0 Å². The number of nitrogens with zero attached hydrogens (tertiary/aromatic N) is 3. The number of rotatable bonds is 4. The van der Waals surface area contributed by atoms with Crippen LogP contribution in [0.3, 0.4) is 0 Å². The van der Waals surface area contributed by atoms with Crippen LogP contribution in [-0.2, 0) is 16.2 Å². The Morgan fingerprint density at radius 2 is 1.60 bits per heavy atom. The molecule has 0 fully saturated rings. The first-order valence-electron chi connectivity index (χ1n) is 10.4. The summed E-state index contributed by atoms with van der Waals surface area (Å²) in [6.45, 7) is 0.279. The van der Waals surface area contributed by atoms with Gasteiger partial charge in [0, 0.05) is 17.5 Å². The van der Waals surface area contributed by atoms with Gasteiger partial charge in [0.15, 0.2) is 0 Å². The van der Waals surface area contributed by atoms with E-state index in [4.69, 9.17) is 23.2 Å². The third kappa shape index (κ3) is 5.86. The zero-order chi connectivity index (χ0) is 25.2. The maximum atomic E-state index is 12.8. The summed E-state index contributed by atoms with van der Waals surface area (Å²) in [6, 6.07) is 19.8. The SMILES string of the molecule is O=S(=O)(N=C(Cl)N1CCC(c2ccccc2)C(c2ccc(Cl)cc2)=N1)c1ccc(C(F)(F)F)cc1. The standard InChI is InChI=1S/C24H18Cl2F3N3O2S/c25-19-10-6-17(7-11-19)22-21(16-4-2-1-3-5-16)14-15-32(30-22)23(26)31-35(33,34)20-12-8-18(9-13-20)24(27,28)29/h1-13,21H,14-15H2. The van der Waals surface area contributed by atoms with Crippen LogP contribution in [0.15, 0.2) is 93.3 Å². The van der Waals surface area contributed by atoms with E-state index >= 15 is 0 Å². The molecular formula is C24H18Cl2F3N3O2S. The van der Waals surface area contributed by atoms with Crippen molar-refractivity contribution in [2.75, 3.05) is 6.54 Å². The predicted octanol–water partition coefficient (Wildman–Crippen LogP) is 6.54. The largest absolute Gasteiger partial charge is 0.416 e. The monoisotopic (exact) mass is 539 g/mol. The molecule has 0 aliphatic carbocycles. The molecule has 0 amide bonds. The molecule has 0 spiro atoms. The summed E-state index contributed by atoms with van der Waals surface area (Å²) >= 11 is 12.3. The Morgan fingerprint density at radius 3 is 2.20 bits per heavy atom. The van der Waals surface area contributed by atoms with Crippen molar-refractivity contribution in [2.45, 2.75) is 23.4 Å². The van der Waals surface area contributed by atoms with Gasteiger partial charge in [-0.15, -0.1) is 4.40 Å². The quantitative estimate of drug-likeness (QED) is 0.215. The number of sulfonamides is 1. The van der Waals surface area contributed by atoms with Crippen molar-refractivity contribution in [3.8, 4) is 0 Å². The summed E-state index contributed by atoms with van der Waals surface area (Å²) < 4.78 is 67.3. The van der Waals surface area contributed by atoms with Crippen molar-refractivity contribution in [1.29, 1.82) is 0 Å². The number of hydrazone groups is 1. The van der Waals surface area contributed by atoms with Gasteiger partial charge < -0.3 is 0 Å². The van der Waals surface area contributed by atoms with Crippen LogP contribution in [0.25, 0.3) is 0 Å². The maximum absolute atomic E-state index is 12.8. The Kier molecular flexibility index (Phi) is 7.21. The summed E-state index contributed by atoms with van der Waals surface area (Å²) in [7, 11) is -4.36. The van der Waals surface area contributed by atoms with Crippen LogP contribution in [0.5, 0.6) is 0 Å². The molecule has 5 nitrogen and oxygen atoms in total. The topological polar surface area (TPSA) is 62.1 Å². The number of hydrogen-bond acceptors (Lipinski definition) is 3. The van der Waals surface area contributed by atoms with Crippen LogP contribution in [0.2, 0.25) is 5.02 Å². The summed E-state index contributed by atoms with van der Waals surface area (Å²) in [5, 5.41) is 6.01. The molecule has 1 aliphatic heterocycles. The Balaban J connectivity index is 1.68. The number of alkyl halides is 3. The Bertz CT molecular complexity index is 1360. The second-order valence-corrected chi connectivity index (χ2v) is 10.1. The van der Waals surface area contributed by atoms with E-state index in [2.05, 4.69) is 9.50 Å². The predicted molar refractivity (Wildman–Crippen MR) is 130 cm³/mol. The van der Waals surface area contributed by atoms with E-state index in [1.807, 2.05) is 42.5 Å². The molecule has 1 heterocycles. The van der Waals surface area contributed by atoms with Crippen LogP contribution in [0, 0.1) is 0 Å². The third-order valence-electron chi connectivity index (χ3n) is 5.42. The zero-order valence-corrected chi connectivity index (χ0v) is 20.3. The minimum Gasteiger partial charge on any atom is -0.237 e. The molecule has 0 N–H and O–H groups in total. The minimum atomic E-state index is -4.58. The lowest BCUT2D eigenvalue weighted by atomic mass is 9.86. The number of amidine groups is 1. The minimum absolute atomic E-state index is 0.0791. The van der Waals surface area contributed by atoms with Gasteiger partial charge in [-0.1, -0.05) is 54.1 Å². The molecule has 3 aromatic rings. The van der Waals surface area contributed by atoms with Crippen LogP contribution in [-0.4, -0.2) is 31.0 Å². The maximum Gasteiger partial charge on any atom is 0.416 e. The molecule has 0 saturated heterocycles. The smallest absolute Gasteiger partial charge is 0.237 e. The number of hydrogen-bond donors (Lipinski definition) is 0. The molecular weight excluding hydrogens is 522 g/mol. The van der Waals surface area contributed by atoms with Crippen molar-refractivity contribution in [3.05, 3.63) is 101 Å². The molecule has 0 radical (unpaired) electrons. The summed E-state index contributed by atoms with van der Waals surface area (Å²) in [5.41, 5.74) is 1.50. The van der Waals surface area contributed by atoms with Crippen LogP contribution in [0.1, 0.15) is 29.0 Å². The molecule has 182 valence electrons. The van der Waals surface area contributed by atoms with Crippen molar-refractivity contribution in [2.24, 2.45) is 9.50 Å². The van der Waals surface area contributed by atoms with Gasteiger partial charge in [0.1, 0.15) is 0 Å². The lowest BCUT2D eigenvalue weighted by Crippen LogP contribution is -2.34. The molecule has 0 aromatic heterocycles. The van der Waals surface area contributed by atoms with Gasteiger partial charge in [-0.3, -0.25) is 0 Å². The summed E-state index contributed by atoms with van der Waals surface area (Å²) in [4.78, 5) is -0.412. The average molecular weight is 540 g/mol. The lowest BCUT2D eigenvalue weighted by Gasteiger charge is -2.30. The van der Waals surface area contributed by atoms with Gasteiger partial charge in [-0.2, -0.15) is 26.7 Å². The van der Waals surface area contributed by atoms with E-state index in [0.29, 0.717) is 29.3 Å². The third-order valence-corrected chi connectivity index (χ3v) is 7.33. The van der Waals surface area contributed by atoms with Gasteiger partial charge in [0.25, 0.3) is 10.0 Å². The molecule has 0 saturated carbocycles. The highest BCUT2D eigenvalue weighted by molar-refractivity contribution is 7.90. The zero-order valence-electron chi connectivity index (χ0n) is 18.0. The van der Waals surface area contributed by atoms with Crippen LogP contribution >= 0.6 is 23.2 Å². The first-order chi connectivity index (χ1) is 16.5. The van der Waals surface area contributed by atoms with Crippen molar-refractivity contribution in [1.82, 2.24) is 5.01 Å². The molecule has 35 heavy (non-hydrogen) atoms. The molecule has 0 bridgehead atoms. The van der Waals surface area contributed by atoms with Crippen molar-refractivity contribution in [3.63, 3.8) is 0 Å². The van der Waals surface area contributed by atoms with E-state index in [9.17, 15) is 21.6 Å². The van der Waals surface area contributed by atoms with E-state index in [1.54, 1.807) is 12.1 Å². The average Bonchev–Trinajstić information content (AvgIpc) is 2.84. The highest BCUT2D eigenvalue weighted by atomic mass is 35.5. The van der Waals surface area contributed by atoms with Gasteiger partial charge in [-0.05, 0) is 65.5 Å². The fourth-order valence-corrected chi connectivity index (χ4v) is 5.07. The van der Waals surface area contributed by atoms with E-state index < -0.39 is 32.0 Å². The number of benzene rings is 3. The Morgan fingerprint density at radius 1 is 0.971 bits per heavy atom. The molecule has 11 heteroatoms. The van der Waals surface area contributed by atoms with E-state index in [0.717, 1.165) is 23.3 Å². The van der Waals surface area contributed by atoms with Crippen LogP contribution in [0.4, 0.5) is 13.2 Å². The number of halogens is 5. The Labute approximate surface area is 210 Å². The fourth-order valence-electron chi connectivity index (χ4n) is 3.68. The summed E-state index contributed by atoms with van der Waals surface area (Å²) in [6.07, 6.45) is -4.02. The van der Waals surface area contributed by atoms with E-state index in [-0.39, 0.29) is 12.5 Å².